The number of rotatable bonds is 20. The van der Waals surface area contributed by atoms with Gasteiger partial charge in [-0.3, -0.25) is 0 Å². The van der Waals surface area contributed by atoms with E-state index in [1.54, 1.807) is 19.4 Å². The Morgan fingerprint density at radius 1 is 1.00 bits per heavy atom. The van der Waals surface area contributed by atoms with Gasteiger partial charge in [-0.25, -0.2) is 4.79 Å². The van der Waals surface area contributed by atoms with Crippen LogP contribution in [0, 0.1) is 22.4 Å². The average Bonchev–Trinajstić information content (AvgIpc) is 2.82. The molecule has 1 rings (SSSR count). The van der Waals surface area contributed by atoms with Gasteiger partial charge in [-0.1, -0.05) is 96.5 Å². The average molecular weight is 522 g/mol. The molecule has 0 radical (unpaired) electrons. The van der Waals surface area contributed by atoms with Gasteiger partial charge in [0, 0.05) is 13.3 Å². The number of allylic oxidation sites excluding steroid dienone is 1. The second-order valence-corrected chi connectivity index (χ2v) is 11.2. The van der Waals surface area contributed by atoms with Crippen LogP contribution in [0.15, 0.2) is 30.0 Å². The zero-order chi connectivity index (χ0) is 26.8. The zero-order valence-electron chi connectivity index (χ0n) is 23.7. The Hall–Kier alpha value is -1.50. The maximum absolute atomic E-state index is 12.3. The van der Waals surface area contributed by atoms with Crippen LogP contribution in [0.4, 0.5) is 0 Å². The highest BCUT2D eigenvalue weighted by atomic mass is 32.1. The van der Waals surface area contributed by atoms with Crippen molar-refractivity contribution in [1.82, 2.24) is 4.73 Å². The number of hydrogen-bond acceptors (Lipinski definition) is 5. The summed E-state index contributed by atoms with van der Waals surface area (Å²) in [5.41, 5.74) is 2.18. The smallest absolute Gasteiger partial charge is 0.336 e. The topological polar surface area (TPSA) is 49.7 Å². The van der Waals surface area contributed by atoms with Crippen molar-refractivity contribution < 1.29 is 19.1 Å². The van der Waals surface area contributed by atoms with E-state index >= 15 is 0 Å². The van der Waals surface area contributed by atoms with E-state index in [1.165, 1.54) is 61.7 Å². The molecule has 0 aliphatic carbocycles. The van der Waals surface area contributed by atoms with Crippen LogP contribution in [-0.2, 0) is 20.9 Å². The summed E-state index contributed by atoms with van der Waals surface area (Å²) in [4.78, 5) is 17.7. The van der Waals surface area contributed by atoms with Gasteiger partial charge < -0.3 is 14.3 Å². The van der Waals surface area contributed by atoms with Crippen LogP contribution < -0.4 is 4.84 Å². The molecule has 0 aromatic carbocycles. The summed E-state index contributed by atoms with van der Waals surface area (Å²) >= 11 is 5.34. The SMILES string of the molecule is COCCOCc1ccn(OC(=O)C/C=C(\C)CCCC(C)CCCC(C)CCCC(C)C)c(=S)c1. The van der Waals surface area contributed by atoms with Crippen LogP contribution in [0.5, 0.6) is 0 Å². The second kappa shape index (κ2) is 19.6. The lowest BCUT2D eigenvalue weighted by atomic mass is 9.91. The lowest BCUT2D eigenvalue weighted by Crippen LogP contribution is -2.19. The number of carbonyl (C=O) groups is 1. The molecule has 36 heavy (non-hydrogen) atoms. The number of methoxy groups -OCH3 is 1. The van der Waals surface area contributed by atoms with Crippen LogP contribution in [0.25, 0.3) is 0 Å². The van der Waals surface area contributed by atoms with Gasteiger partial charge in [0.2, 0.25) is 0 Å². The molecule has 0 amide bonds. The summed E-state index contributed by atoms with van der Waals surface area (Å²) < 4.78 is 12.2. The van der Waals surface area contributed by atoms with Gasteiger partial charge in [-0.15, -0.1) is 0 Å². The van der Waals surface area contributed by atoms with Crippen LogP contribution in [0.3, 0.4) is 0 Å². The largest absolute Gasteiger partial charge is 0.382 e. The van der Waals surface area contributed by atoms with E-state index in [4.69, 9.17) is 26.5 Å². The van der Waals surface area contributed by atoms with Crippen molar-refractivity contribution in [2.45, 2.75) is 105 Å². The Bertz CT molecular complexity index is 817. The Morgan fingerprint density at radius 3 is 2.25 bits per heavy atom. The lowest BCUT2D eigenvalue weighted by Gasteiger charge is -2.15. The first-order valence-electron chi connectivity index (χ1n) is 13.9. The fourth-order valence-corrected chi connectivity index (χ4v) is 4.47. The first-order valence-corrected chi connectivity index (χ1v) is 14.3. The van der Waals surface area contributed by atoms with Crippen LogP contribution in [-0.4, -0.2) is 31.0 Å². The molecule has 0 aliphatic rings. The summed E-state index contributed by atoms with van der Waals surface area (Å²) in [5.74, 6) is 2.13. The van der Waals surface area contributed by atoms with E-state index in [-0.39, 0.29) is 12.4 Å². The number of hydrogen-bond donors (Lipinski definition) is 0. The summed E-state index contributed by atoms with van der Waals surface area (Å²) in [6.45, 7) is 13.0. The number of carbonyl (C=O) groups excluding carboxylic acids is 1. The van der Waals surface area contributed by atoms with Crippen LogP contribution >= 0.6 is 12.2 Å². The van der Waals surface area contributed by atoms with Gasteiger partial charge in [0.1, 0.15) is 4.64 Å². The molecule has 1 heterocycles. The van der Waals surface area contributed by atoms with Crippen molar-refractivity contribution >= 4 is 18.2 Å². The number of aromatic nitrogens is 1. The monoisotopic (exact) mass is 521 g/mol. The minimum Gasteiger partial charge on any atom is -0.382 e. The van der Waals surface area contributed by atoms with Crippen molar-refractivity contribution in [3.8, 4) is 0 Å². The van der Waals surface area contributed by atoms with E-state index in [0.29, 0.717) is 24.5 Å². The number of ether oxygens (including phenoxy) is 2. The molecule has 0 bridgehead atoms. The third-order valence-corrected chi connectivity index (χ3v) is 6.91. The minimum absolute atomic E-state index is 0.250. The fourth-order valence-electron chi connectivity index (χ4n) is 4.22. The molecule has 1 aromatic rings. The highest BCUT2D eigenvalue weighted by Crippen LogP contribution is 2.22. The molecular formula is C30H51NO4S. The fraction of sp³-hybridized carbons (Fsp3) is 0.733. The zero-order valence-corrected chi connectivity index (χ0v) is 24.5. The normalized spacial score (nSPS) is 13.7. The van der Waals surface area contributed by atoms with Gasteiger partial charge in [0.25, 0.3) is 0 Å². The Labute approximate surface area is 225 Å². The highest BCUT2D eigenvalue weighted by Gasteiger charge is 2.08. The molecule has 0 N–H and O–H groups in total. The van der Waals surface area contributed by atoms with Gasteiger partial charge in [-0.2, -0.15) is 4.73 Å². The molecule has 6 heteroatoms. The predicted octanol–water partition coefficient (Wildman–Crippen LogP) is 8.11. The van der Waals surface area contributed by atoms with Crippen molar-refractivity contribution in [1.29, 1.82) is 0 Å². The minimum atomic E-state index is -0.314. The van der Waals surface area contributed by atoms with E-state index in [2.05, 4.69) is 34.6 Å². The molecular weight excluding hydrogens is 470 g/mol. The first-order chi connectivity index (χ1) is 17.2. The maximum Gasteiger partial charge on any atom is 0.336 e. The number of nitrogens with zero attached hydrogens (tertiary/aromatic N) is 1. The Morgan fingerprint density at radius 2 is 1.64 bits per heavy atom. The summed E-state index contributed by atoms with van der Waals surface area (Å²) in [5, 5.41) is 0. The number of pyridine rings is 1. The quantitative estimate of drug-likeness (QED) is 0.0985. The molecule has 0 spiro atoms. The molecule has 0 fully saturated rings. The van der Waals surface area contributed by atoms with Crippen LogP contribution in [0.1, 0.15) is 104 Å². The summed E-state index contributed by atoms with van der Waals surface area (Å²) in [6.07, 6.45) is 15.5. The highest BCUT2D eigenvalue weighted by molar-refractivity contribution is 7.71. The predicted molar refractivity (Wildman–Crippen MR) is 151 cm³/mol. The van der Waals surface area contributed by atoms with Crippen LogP contribution in [0.2, 0.25) is 0 Å². The van der Waals surface area contributed by atoms with E-state index in [0.717, 1.165) is 29.7 Å². The van der Waals surface area contributed by atoms with Gasteiger partial charge in [-0.05, 0) is 55.2 Å². The molecule has 5 nitrogen and oxygen atoms in total. The van der Waals surface area contributed by atoms with Crippen molar-refractivity contribution in [3.63, 3.8) is 0 Å². The van der Waals surface area contributed by atoms with Crippen molar-refractivity contribution in [2.75, 3.05) is 20.3 Å². The third kappa shape index (κ3) is 16.3. The molecule has 2 atom stereocenters. The van der Waals surface area contributed by atoms with Gasteiger partial charge >= 0.3 is 5.97 Å². The lowest BCUT2D eigenvalue weighted by molar-refractivity contribution is -0.143. The third-order valence-electron chi connectivity index (χ3n) is 6.61. The first kappa shape index (κ1) is 32.5. The molecule has 1 aromatic heterocycles. The molecule has 2 unspecified atom stereocenters. The van der Waals surface area contributed by atoms with E-state index < -0.39 is 0 Å². The molecule has 0 saturated heterocycles. The van der Waals surface area contributed by atoms with E-state index in [9.17, 15) is 4.79 Å². The van der Waals surface area contributed by atoms with Gasteiger partial charge in [0.05, 0.1) is 26.2 Å². The van der Waals surface area contributed by atoms with E-state index in [1.807, 2.05) is 12.1 Å². The molecule has 0 aliphatic heterocycles. The standard InChI is InChI=1S/C30H51NO4S/c1-24(2)10-7-11-25(3)12-8-13-26(4)14-9-15-27(5)16-17-30(32)35-31-19-18-28(22-29(31)36)23-34-21-20-33-6/h16,18-19,22,24-26H,7-15,17,20-21,23H2,1-6H3/b27-16+. The summed E-state index contributed by atoms with van der Waals surface area (Å²) in [7, 11) is 1.64. The molecule has 206 valence electrons. The second-order valence-electron chi connectivity index (χ2n) is 10.8. The van der Waals surface area contributed by atoms with Crippen molar-refractivity contribution in [3.05, 3.63) is 40.2 Å². The van der Waals surface area contributed by atoms with Crippen molar-refractivity contribution in [2.24, 2.45) is 17.8 Å². The Balaban J connectivity index is 2.24. The molecule has 0 saturated carbocycles. The summed E-state index contributed by atoms with van der Waals surface area (Å²) in [6, 6.07) is 3.62. The Kier molecular flexibility index (Phi) is 17.7. The van der Waals surface area contributed by atoms with Gasteiger partial charge in [0.15, 0.2) is 0 Å². The maximum atomic E-state index is 12.3.